The van der Waals surface area contributed by atoms with Crippen molar-refractivity contribution in [1.82, 2.24) is 0 Å². The second kappa shape index (κ2) is 5.65. The second-order valence-electron chi connectivity index (χ2n) is 2.41. The van der Waals surface area contributed by atoms with Crippen molar-refractivity contribution in [3.63, 3.8) is 0 Å². The van der Waals surface area contributed by atoms with E-state index in [1.165, 1.54) is 12.8 Å². The molecule has 0 bridgehead atoms. The first-order valence-electron chi connectivity index (χ1n) is 3.66. The smallest absolute Gasteiger partial charge is 0.0249 e. The molecule has 9 heavy (non-hydrogen) atoms. The van der Waals surface area contributed by atoms with Gasteiger partial charge in [0.15, 0.2) is 0 Å². The monoisotopic (exact) mass is 124 g/mol. The maximum Gasteiger partial charge on any atom is -0.0249 e. The molecule has 0 heteroatoms. The number of rotatable bonds is 3. The molecule has 0 nitrogen and oxygen atoms in total. The van der Waals surface area contributed by atoms with E-state index in [4.69, 9.17) is 0 Å². The summed E-state index contributed by atoms with van der Waals surface area (Å²) in [5.74, 6) is 0.817. The molecule has 0 rings (SSSR count). The Labute approximate surface area is 58.3 Å². The summed E-state index contributed by atoms with van der Waals surface area (Å²) in [7, 11) is 0. The van der Waals surface area contributed by atoms with Gasteiger partial charge >= 0.3 is 0 Å². The van der Waals surface area contributed by atoms with Crippen molar-refractivity contribution in [1.29, 1.82) is 0 Å². The predicted molar refractivity (Wildman–Crippen MR) is 42.4 cm³/mol. The van der Waals surface area contributed by atoms with Crippen LogP contribution in [0.25, 0.3) is 0 Å². The van der Waals surface area contributed by atoms with Crippen LogP contribution in [0.1, 0.15) is 33.6 Å². The van der Waals surface area contributed by atoms with Gasteiger partial charge in [-0.15, -0.1) is 5.73 Å². The van der Waals surface area contributed by atoms with Gasteiger partial charge in [-0.05, 0) is 31.4 Å². The Kier molecular flexibility index (Phi) is 5.35. The lowest BCUT2D eigenvalue weighted by Crippen LogP contribution is -1.86. The Morgan fingerprint density at radius 3 is 2.67 bits per heavy atom. The Hall–Kier alpha value is -0.480. The first-order chi connectivity index (χ1) is 4.31. The van der Waals surface area contributed by atoms with E-state index in [9.17, 15) is 0 Å². The number of hydrogen-bond donors (Lipinski definition) is 0. The molecule has 1 unspecified atom stereocenters. The molecule has 0 saturated carbocycles. The summed E-state index contributed by atoms with van der Waals surface area (Å²) in [6.07, 6.45) is 6.49. The molecule has 0 aromatic rings. The van der Waals surface area contributed by atoms with Gasteiger partial charge in [0.25, 0.3) is 0 Å². The molecule has 0 aliphatic rings. The van der Waals surface area contributed by atoms with Gasteiger partial charge in [-0.25, -0.2) is 0 Å². The van der Waals surface area contributed by atoms with Crippen LogP contribution < -0.4 is 0 Å². The van der Waals surface area contributed by atoms with E-state index in [2.05, 4.69) is 25.7 Å². The molecule has 52 valence electrons. The maximum atomic E-state index is 3.06. The van der Waals surface area contributed by atoms with Gasteiger partial charge in [-0.1, -0.05) is 20.3 Å². The van der Waals surface area contributed by atoms with Crippen LogP contribution in [0.4, 0.5) is 0 Å². The van der Waals surface area contributed by atoms with E-state index in [1.807, 2.05) is 13.0 Å². The molecule has 0 saturated heterocycles. The van der Waals surface area contributed by atoms with Crippen molar-refractivity contribution in [2.45, 2.75) is 33.6 Å². The maximum absolute atomic E-state index is 3.06. The highest BCUT2D eigenvalue weighted by molar-refractivity contribution is 4.82. The first kappa shape index (κ1) is 8.52. The predicted octanol–water partition coefficient (Wildman–Crippen LogP) is 3.15. The van der Waals surface area contributed by atoms with Crippen LogP contribution in [-0.4, -0.2) is 0 Å². The highest BCUT2D eigenvalue weighted by Crippen LogP contribution is 2.05. The molecule has 0 aromatic carbocycles. The van der Waals surface area contributed by atoms with Crippen LogP contribution >= 0.6 is 0 Å². The van der Waals surface area contributed by atoms with Gasteiger partial charge < -0.3 is 0 Å². The highest BCUT2D eigenvalue weighted by atomic mass is 14.0. The Morgan fingerprint density at radius 2 is 2.22 bits per heavy atom. The first-order valence-corrected chi connectivity index (χ1v) is 3.66. The fourth-order valence-electron chi connectivity index (χ4n) is 0.554. The zero-order chi connectivity index (χ0) is 7.11. The molecule has 0 spiro atoms. The van der Waals surface area contributed by atoms with Crippen LogP contribution in [-0.2, 0) is 0 Å². The average molecular weight is 124 g/mol. The summed E-state index contributed by atoms with van der Waals surface area (Å²) in [5, 5.41) is 0. The van der Waals surface area contributed by atoms with E-state index in [1.54, 1.807) is 0 Å². The standard InChI is InChI=1S/C9H16/c1-4-6-7-8-9(3)5-2/h4,7,9H,5,8H2,1-3H3. The van der Waals surface area contributed by atoms with Crippen molar-refractivity contribution in [3.8, 4) is 0 Å². The van der Waals surface area contributed by atoms with Gasteiger partial charge in [0.2, 0.25) is 0 Å². The lowest BCUT2D eigenvalue weighted by atomic mass is 10.1. The van der Waals surface area contributed by atoms with Crippen LogP contribution in [0.15, 0.2) is 17.9 Å². The van der Waals surface area contributed by atoms with Crippen molar-refractivity contribution >= 4 is 0 Å². The van der Waals surface area contributed by atoms with Crippen LogP contribution in [0.3, 0.4) is 0 Å². The summed E-state index contributed by atoms with van der Waals surface area (Å²) in [6.45, 7) is 6.47. The van der Waals surface area contributed by atoms with Crippen LogP contribution in [0.2, 0.25) is 0 Å². The highest BCUT2D eigenvalue weighted by Gasteiger charge is 1.91. The Bertz CT molecular complexity index is 105. The van der Waals surface area contributed by atoms with Crippen molar-refractivity contribution in [2.75, 3.05) is 0 Å². The van der Waals surface area contributed by atoms with E-state index in [-0.39, 0.29) is 0 Å². The molecule has 0 aromatic heterocycles. The normalized spacial score (nSPS) is 11.9. The Morgan fingerprint density at radius 1 is 1.56 bits per heavy atom. The molecule has 0 aliphatic heterocycles. The second-order valence-corrected chi connectivity index (χ2v) is 2.41. The van der Waals surface area contributed by atoms with Gasteiger partial charge in [0.05, 0.1) is 0 Å². The quantitative estimate of drug-likeness (QED) is 0.507. The van der Waals surface area contributed by atoms with Crippen molar-refractivity contribution in [2.24, 2.45) is 5.92 Å². The summed E-state index contributed by atoms with van der Waals surface area (Å²) in [4.78, 5) is 0. The summed E-state index contributed by atoms with van der Waals surface area (Å²) in [6, 6.07) is 0. The summed E-state index contributed by atoms with van der Waals surface area (Å²) < 4.78 is 0. The third kappa shape index (κ3) is 5.39. The number of allylic oxidation sites excluding steroid dienone is 1. The van der Waals surface area contributed by atoms with Gasteiger partial charge in [-0.2, -0.15) is 0 Å². The largest absolute Gasteiger partial charge is 0.130 e. The topological polar surface area (TPSA) is 0 Å². The van der Waals surface area contributed by atoms with E-state index in [0.29, 0.717) is 0 Å². The fraction of sp³-hybridized carbons (Fsp3) is 0.667. The zero-order valence-electron chi connectivity index (χ0n) is 6.65. The van der Waals surface area contributed by atoms with E-state index >= 15 is 0 Å². The van der Waals surface area contributed by atoms with Gasteiger partial charge in [-0.3, -0.25) is 0 Å². The molecule has 1 atom stereocenters. The molecule has 0 radical (unpaired) electrons. The van der Waals surface area contributed by atoms with Gasteiger partial charge in [0.1, 0.15) is 0 Å². The zero-order valence-corrected chi connectivity index (χ0v) is 6.65. The lowest BCUT2D eigenvalue weighted by molar-refractivity contribution is 0.572. The fourth-order valence-corrected chi connectivity index (χ4v) is 0.554. The summed E-state index contributed by atoms with van der Waals surface area (Å²) in [5.41, 5.74) is 3.06. The van der Waals surface area contributed by atoms with Crippen molar-refractivity contribution < 1.29 is 0 Å². The SMILES string of the molecule is CC=C=CCC(C)CC. The van der Waals surface area contributed by atoms with E-state index in [0.717, 1.165) is 5.92 Å². The Balaban J connectivity index is 3.37. The van der Waals surface area contributed by atoms with Gasteiger partial charge in [0, 0.05) is 0 Å². The third-order valence-electron chi connectivity index (χ3n) is 1.50. The molecule has 0 heterocycles. The minimum absolute atomic E-state index is 0.817. The molecular weight excluding hydrogens is 108 g/mol. The van der Waals surface area contributed by atoms with Crippen LogP contribution in [0.5, 0.6) is 0 Å². The average Bonchev–Trinajstić information content (AvgIpc) is 1.89. The molecule has 0 fully saturated rings. The molecule has 0 amide bonds. The molecule has 0 aliphatic carbocycles. The minimum atomic E-state index is 0.817. The molecule has 0 N–H and O–H groups in total. The van der Waals surface area contributed by atoms with Crippen LogP contribution in [0, 0.1) is 5.92 Å². The van der Waals surface area contributed by atoms with E-state index < -0.39 is 0 Å². The lowest BCUT2D eigenvalue weighted by Gasteiger charge is -2.00. The minimum Gasteiger partial charge on any atom is -0.130 e. The summed E-state index contributed by atoms with van der Waals surface area (Å²) >= 11 is 0. The van der Waals surface area contributed by atoms with Crippen molar-refractivity contribution in [3.05, 3.63) is 17.9 Å². The third-order valence-corrected chi connectivity index (χ3v) is 1.50. The molecular formula is C9H16. The number of hydrogen-bond acceptors (Lipinski definition) is 0.